The van der Waals surface area contributed by atoms with Crippen LogP contribution in [0.4, 0.5) is 0 Å². The van der Waals surface area contributed by atoms with E-state index in [1.54, 1.807) is 0 Å². The van der Waals surface area contributed by atoms with Crippen molar-refractivity contribution >= 4 is 7.60 Å². The van der Waals surface area contributed by atoms with E-state index in [0.29, 0.717) is 13.2 Å². The minimum absolute atomic E-state index is 0.347. The van der Waals surface area contributed by atoms with Gasteiger partial charge in [-0.05, 0) is 58.3 Å². The molecule has 1 atom stereocenters. The lowest BCUT2D eigenvalue weighted by Gasteiger charge is -2.08. The summed E-state index contributed by atoms with van der Waals surface area (Å²) in [5, 5.41) is 15.6. The van der Waals surface area contributed by atoms with E-state index >= 15 is 0 Å². The Morgan fingerprint density at radius 3 is 1.50 bits per heavy atom. The van der Waals surface area contributed by atoms with E-state index in [-0.39, 0.29) is 0 Å². The van der Waals surface area contributed by atoms with Crippen LogP contribution in [0.5, 0.6) is 0 Å². The molecule has 0 saturated carbocycles. The zero-order valence-electron chi connectivity index (χ0n) is 18.3. The van der Waals surface area contributed by atoms with Crippen LogP contribution < -0.4 is 10.6 Å². The van der Waals surface area contributed by atoms with E-state index in [2.05, 4.69) is 10.6 Å². The van der Waals surface area contributed by atoms with Crippen LogP contribution in [0.25, 0.3) is 0 Å². The molecule has 0 radical (unpaired) electrons. The molecule has 0 amide bonds. The Kier molecular flexibility index (Phi) is 21.8. The maximum Gasteiger partial charge on any atom is 0.325 e. The molecule has 0 aliphatic heterocycles. The van der Waals surface area contributed by atoms with Crippen molar-refractivity contribution in [3.05, 3.63) is 0 Å². The first kappa shape index (κ1) is 28.0. The fourth-order valence-corrected chi connectivity index (χ4v) is 3.60. The van der Waals surface area contributed by atoms with Crippen molar-refractivity contribution in [3.8, 4) is 0 Å². The highest BCUT2D eigenvalue weighted by Gasteiger charge is 2.08. The first-order chi connectivity index (χ1) is 13.6. The molecule has 1 unspecified atom stereocenters. The maximum absolute atomic E-state index is 10.9. The molecule has 7 heteroatoms. The molecule has 0 saturated heterocycles. The minimum atomic E-state index is -3.30. The van der Waals surface area contributed by atoms with Gasteiger partial charge >= 0.3 is 7.60 Å². The van der Waals surface area contributed by atoms with Crippen molar-refractivity contribution < 1.29 is 19.1 Å². The van der Waals surface area contributed by atoms with Gasteiger partial charge in [-0.15, -0.1) is 0 Å². The number of nitrogens with one attached hydrogen (secondary N) is 2. The van der Waals surface area contributed by atoms with E-state index in [1.165, 1.54) is 70.9 Å². The molecule has 0 fully saturated rings. The Balaban J connectivity index is 3.02. The van der Waals surface area contributed by atoms with Crippen LogP contribution in [0, 0.1) is 0 Å². The maximum atomic E-state index is 10.9. The van der Waals surface area contributed by atoms with Crippen LogP contribution in [-0.4, -0.2) is 56.1 Å². The fourth-order valence-electron chi connectivity index (χ4n) is 3.13. The molecule has 170 valence electrons. The number of rotatable bonds is 23. The van der Waals surface area contributed by atoms with Crippen LogP contribution >= 0.6 is 7.60 Å². The van der Waals surface area contributed by atoms with Crippen molar-refractivity contribution in [2.75, 3.05) is 46.1 Å². The molecule has 28 heavy (non-hydrogen) atoms. The highest BCUT2D eigenvalue weighted by atomic mass is 31.2. The Bertz CT molecular complexity index is 353. The predicted octanol–water partition coefficient (Wildman–Crippen LogP) is 4.45. The molecule has 0 aromatic rings. The summed E-state index contributed by atoms with van der Waals surface area (Å²) in [4.78, 5) is 8.99. The topological polar surface area (TPSA) is 90.8 Å². The van der Waals surface area contributed by atoms with E-state index in [0.717, 1.165) is 51.9 Å². The van der Waals surface area contributed by atoms with Gasteiger partial charge in [0.05, 0.1) is 6.61 Å². The molecule has 0 spiro atoms. The molecule has 0 bridgehead atoms. The first-order valence-electron chi connectivity index (χ1n) is 11.5. The predicted molar refractivity (Wildman–Crippen MR) is 119 cm³/mol. The molecular formula is C21H47N2O4P. The summed E-state index contributed by atoms with van der Waals surface area (Å²) in [7, 11) is -3.30. The Labute approximate surface area is 173 Å². The largest absolute Gasteiger partial charge is 0.396 e. The van der Waals surface area contributed by atoms with Gasteiger partial charge in [0.1, 0.15) is 0 Å². The SMILES string of the molecule is CP(=O)(O)OCCCCNCCCNCCCCCCCCCCCCCO. The fraction of sp³-hybridized carbons (Fsp3) is 1.00. The number of aliphatic hydroxyl groups is 1. The van der Waals surface area contributed by atoms with Gasteiger partial charge < -0.3 is 25.2 Å². The summed E-state index contributed by atoms with van der Waals surface area (Å²) in [6, 6.07) is 0. The Morgan fingerprint density at radius 1 is 0.643 bits per heavy atom. The summed E-state index contributed by atoms with van der Waals surface area (Å²) in [6.07, 6.45) is 17.1. The standard InChI is InChI=1S/C21H47N2O4P/c1-28(25,26)27-21-14-12-17-23-19-15-18-22-16-11-9-7-5-3-2-4-6-8-10-13-20-24/h22-24H,2-21H2,1H3,(H,25,26). The van der Waals surface area contributed by atoms with Crippen molar-refractivity contribution in [3.63, 3.8) is 0 Å². The Hall–Kier alpha value is 0.0300. The number of unbranched alkanes of at least 4 members (excludes halogenated alkanes) is 11. The van der Waals surface area contributed by atoms with E-state index < -0.39 is 7.60 Å². The minimum Gasteiger partial charge on any atom is -0.396 e. The molecule has 0 rings (SSSR count). The summed E-state index contributed by atoms with van der Waals surface area (Å²) >= 11 is 0. The van der Waals surface area contributed by atoms with Crippen molar-refractivity contribution in [2.45, 2.75) is 89.9 Å². The highest BCUT2D eigenvalue weighted by molar-refractivity contribution is 7.51. The molecule has 6 nitrogen and oxygen atoms in total. The normalized spacial score (nSPS) is 13.7. The molecule has 0 heterocycles. The summed E-state index contributed by atoms with van der Waals surface area (Å²) in [5.41, 5.74) is 0. The van der Waals surface area contributed by atoms with Gasteiger partial charge in [-0.3, -0.25) is 4.57 Å². The van der Waals surface area contributed by atoms with E-state index in [4.69, 9.17) is 14.5 Å². The van der Waals surface area contributed by atoms with Crippen LogP contribution in [0.2, 0.25) is 0 Å². The van der Waals surface area contributed by atoms with Gasteiger partial charge in [-0.1, -0.05) is 57.8 Å². The van der Waals surface area contributed by atoms with Crippen molar-refractivity contribution in [2.24, 2.45) is 0 Å². The average molecular weight is 423 g/mol. The second-order valence-corrected chi connectivity index (χ2v) is 9.67. The van der Waals surface area contributed by atoms with Crippen LogP contribution in [0.3, 0.4) is 0 Å². The average Bonchev–Trinajstić information content (AvgIpc) is 2.65. The number of hydrogen-bond acceptors (Lipinski definition) is 5. The second kappa shape index (κ2) is 21.7. The molecule has 0 aromatic carbocycles. The van der Waals surface area contributed by atoms with Gasteiger partial charge in [0, 0.05) is 13.3 Å². The lowest BCUT2D eigenvalue weighted by atomic mass is 10.1. The van der Waals surface area contributed by atoms with Crippen LogP contribution in [-0.2, 0) is 9.09 Å². The Morgan fingerprint density at radius 2 is 1.04 bits per heavy atom. The first-order valence-corrected chi connectivity index (χ1v) is 13.6. The van der Waals surface area contributed by atoms with Crippen LogP contribution in [0.1, 0.15) is 89.9 Å². The van der Waals surface area contributed by atoms with Gasteiger partial charge in [0.15, 0.2) is 0 Å². The lowest BCUT2D eigenvalue weighted by molar-refractivity contribution is 0.258. The third-order valence-corrected chi connectivity index (χ3v) is 5.46. The van der Waals surface area contributed by atoms with Gasteiger partial charge in [-0.2, -0.15) is 0 Å². The zero-order chi connectivity index (χ0) is 20.8. The van der Waals surface area contributed by atoms with E-state index in [1.807, 2.05) is 0 Å². The van der Waals surface area contributed by atoms with Crippen molar-refractivity contribution in [1.29, 1.82) is 0 Å². The van der Waals surface area contributed by atoms with Gasteiger partial charge in [0.2, 0.25) is 0 Å². The van der Waals surface area contributed by atoms with E-state index in [9.17, 15) is 4.57 Å². The number of hydrogen-bond donors (Lipinski definition) is 4. The smallest absolute Gasteiger partial charge is 0.325 e. The summed E-state index contributed by atoms with van der Waals surface area (Å²) < 4.78 is 15.8. The monoisotopic (exact) mass is 422 g/mol. The van der Waals surface area contributed by atoms with Crippen LogP contribution in [0.15, 0.2) is 0 Å². The summed E-state index contributed by atoms with van der Waals surface area (Å²) in [6.45, 7) is 6.07. The molecule has 4 N–H and O–H groups in total. The quantitative estimate of drug-likeness (QED) is 0.144. The molecule has 0 aliphatic carbocycles. The third-order valence-electron chi connectivity index (χ3n) is 4.80. The zero-order valence-corrected chi connectivity index (χ0v) is 19.2. The molecule has 0 aromatic heterocycles. The van der Waals surface area contributed by atoms with Gasteiger partial charge in [-0.25, -0.2) is 0 Å². The van der Waals surface area contributed by atoms with Gasteiger partial charge in [0.25, 0.3) is 0 Å². The third kappa shape index (κ3) is 26.0. The van der Waals surface area contributed by atoms with Crippen molar-refractivity contribution in [1.82, 2.24) is 10.6 Å². The number of aliphatic hydroxyl groups excluding tert-OH is 1. The second-order valence-electron chi connectivity index (χ2n) is 7.81. The highest BCUT2D eigenvalue weighted by Crippen LogP contribution is 2.36. The summed E-state index contributed by atoms with van der Waals surface area (Å²) in [5.74, 6) is 0. The molecular weight excluding hydrogens is 375 g/mol. The molecule has 0 aliphatic rings. The lowest BCUT2D eigenvalue weighted by Crippen LogP contribution is -2.23.